The normalized spacial score (nSPS) is 10.2. The molecule has 4 nitrogen and oxygen atoms in total. The molecule has 0 atom stereocenters. The van der Waals surface area contributed by atoms with Crippen LogP contribution in [0.1, 0.15) is 5.56 Å². The van der Waals surface area contributed by atoms with Crippen LogP contribution in [0.3, 0.4) is 0 Å². The van der Waals surface area contributed by atoms with E-state index in [0.717, 1.165) is 16.9 Å². The van der Waals surface area contributed by atoms with E-state index in [1.807, 2.05) is 66.4 Å². The topological polar surface area (TPSA) is 52.6 Å². The molecule has 0 saturated carbocycles. The Morgan fingerprint density at radius 2 is 1.76 bits per heavy atom. The van der Waals surface area contributed by atoms with Crippen LogP contribution in [-0.2, 0) is 4.79 Å². The average molecular weight is 284 g/mol. The van der Waals surface area contributed by atoms with Gasteiger partial charge in [-0.3, -0.25) is 4.79 Å². The van der Waals surface area contributed by atoms with E-state index >= 15 is 0 Å². The zero-order valence-corrected chi connectivity index (χ0v) is 12.1. The van der Waals surface area contributed by atoms with Crippen LogP contribution in [0.5, 0.6) is 0 Å². The van der Waals surface area contributed by atoms with Crippen LogP contribution in [0.4, 0.5) is 11.4 Å². The number of aliphatic hydroxyl groups excluding tert-OH is 1. The van der Waals surface area contributed by atoms with Crippen molar-refractivity contribution in [2.45, 2.75) is 6.92 Å². The number of nitrogens with zero attached hydrogens (tertiary/aromatic N) is 1. The fourth-order valence-electron chi connectivity index (χ4n) is 2.14. The largest absolute Gasteiger partial charge is 0.395 e. The van der Waals surface area contributed by atoms with Gasteiger partial charge in [-0.1, -0.05) is 36.4 Å². The van der Waals surface area contributed by atoms with Crippen molar-refractivity contribution in [3.05, 3.63) is 60.2 Å². The van der Waals surface area contributed by atoms with Gasteiger partial charge in [0.05, 0.1) is 13.2 Å². The van der Waals surface area contributed by atoms with Crippen LogP contribution in [0, 0.1) is 6.92 Å². The molecule has 2 aromatic rings. The third-order valence-corrected chi connectivity index (χ3v) is 3.24. The maximum absolute atomic E-state index is 12.2. The number of anilines is 2. The second kappa shape index (κ2) is 7.45. The van der Waals surface area contributed by atoms with Crippen LogP contribution >= 0.6 is 0 Å². The molecule has 21 heavy (non-hydrogen) atoms. The molecule has 0 aromatic heterocycles. The molecule has 110 valence electrons. The maximum atomic E-state index is 12.2. The highest BCUT2D eigenvalue weighted by Gasteiger charge is 2.11. The number of hydrogen-bond donors (Lipinski definition) is 2. The van der Waals surface area contributed by atoms with Crippen LogP contribution in [-0.4, -0.2) is 30.7 Å². The summed E-state index contributed by atoms with van der Waals surface area (Å²) >= 11 is 0. The second-order valence-electron chi connectivity index (χ2n) is 4.84. The van der Waals surface area contributed by atoms with Gasteiger partial charge in [-0.15, -0.1) is 0 Å². The van der Waals surface area contributed by atoms with Crippen molar-refractivity contribution in [3.63, 3.8) is 0 Å². The zero-order valence-electron chi connectivity index (χ0n) is 12.1. The number of rotatable bonds is 6. The van der Waals surface area contributed by atoms with E-state index in [-0.39, 0.29) is 19.1 Å². The number of aliphatic hydroxyl groups is 1. The highest BCUT2D eigenvalue weighted by Crippen LogP contribution is 2.15. The Kier molecular flexibility index (Phi) is 5.35. The molecule has 1 amide bonds. The smallest absolute Gasteiger partial charge is 0.243 e. The predicted octanol–water partition coefficient (Wildman–Crippen LogP) is 2.43. The number of aryl methyl sites for hydroxylation is 1. The third kappa shape index (κ3) is 4.33. The third-order valence-electron chi connectivity index (χ3n) is 3.24. The summed E-state index contributed by atoms with van der Waals surface area (Å²) in [6, 6.07) is 17.3. The van der Waals surface area contributed by atoms with Crippen LogP contribution in [0.15, 0.2) is 54.6 Å². The summed E-state index contributed by atoms with van der Waals surface area (Å²) in [6.07, 6.45) is 0. The van der Waals surface area contributed by atoms with Gasteiger partial charge in [0, 0.05) is 17.9 Å². The van der Waals surface area contributed by atoms with Crippen molar-refractivity contribution in [2.24, 2.45) is 0 Å². The van der Waals surface area contributed by atoms with Crippen molar-refractivity contribution in [2.75, 3.05) is 29.9 Å². The van der Waals surface area contributed by atoms with Gasteiger partial charge < -0.3 is 15.3 Å². The molecule has 4 heteroatoms. The molecule has 0 spiro atoms. The first kappa shape index (κ1) is 15.1. The van der Waals surface area contributed by atoms with E-state index in [9.17, 15) is 9.90 Å². The molecule has 2 rings (SSSR count). The molecule has 2 N–H and O–H groups in total. The highest BCUT2D eigenvalue weighted by atomic mass is 16.3. The van der Waals surface area contributed by atoms with Crippen molar-refractivity contribution in [3.8, 4) is 0 Å². The molecule has 0 bridgehead atoms. The van der Waals surface area contributed by atoms with Gasteiger partial charge in [0.15, 0.2) is 0 Å². The van der Waals surface area contributed by atoms with Crippen molar-refractivity contribution in [1.82, 2.24) is 0 Å². The number of nitrogens with one attached hydrogen (secondary N) is 1. The molecule has 0 aliphatic carbocycles. The van der Waals surface area contributed by atoms with Gasteiger partial charge >= 0.3 is 0 Å². The first-order valence-electron chi connectivity index (χ1n) is 6.97. The van der Waals surface area contributed by atoms with E-state index in [2.05, 4.69) is 5.32 Å². The molecule has 0 unspecified atom stereocenters. The average Bonchev–Trinajstić information content (AvgIpc) is 2.50. The monoisotopic (exact) mass is 284 g/mol. The standard InChI is InChI=1S/C17H20N2O2/c1-14-7-5-6-10-16(14)18-17(21)13-19(11-12-20)15-8-3-2-4-9-15/h2-10,20H,11-13H2,1H3,(H,18,21). The molecule has 0 fully saturated rings. The summed E-state index contributed by atoms with van der Waals surface area (Å²) in [7, 11) is 0. The lowest BCUT2D eigenvalue weighted by Crippen LogP contribution is -2.35. The summed E-state index contributed by atoms with van der Waals surface area (Å²) in [4.78, 5) is 14.0. The Morgan fingerprint density at radius 1 is 1.10 bits per heavy atom. The number of hydrogen-bond acceptors (Lipinski definition) is 3. The summed E-state index contributed by atoms with van der Waals surface area (Å²) < 4.78 is 0. The van der Waals surface area contributed by atoms with Crippen LogP contribution in [0.25, 0.3) is 0 Å². The number of carbonyl (C=O) groups excluding carboxylic acids is 1. The Hall–Kier alpha value is -2.33. The lowest BCUT2D eigenvalue weighted by Gasteiger charge is -2.23. The number of para-hydroxylation sites is 2. The SMILES string of the molecule is Cc1ccccc1NC(=O)CN(CCO)c1ccccc1. The predicted molar refractivity (Wildman–Crippen MR) is 85.5 cm³/mol. The first-order valence-corrected chi connectivity index (χ1v) is 6.97. The Bertz CT molecular complexity index is 584. The lowest BCUT2D eigenvalue weighted by atomic mass is 10.2. The minimum atomic E-state index is -0.0957. The molecular formula is C17H20N2O2. The van der Waals surface area contributed by atoms with Crippen LogP contribution < -0.4 is 10.2 Å². The zero-order chi connectivity index (χ0) is 15.1. The van der Waals surface area contributed by atoms with E-state index in [1.165, 1.54) is 0 Å². The molecular weight excluding hydrogens is 264 g/mol. The minimum Gasteiger partial charge on any atom is -0.395 e. The Balaban J connectivity index is 2.04. The van der Waals surface area contributed by atoms with E-state index < -0.39 is 0 Å². The van der Waals surface area contributed by atoms with Gasteiger partial charge in [-0.2, -0.15) is 0 Å². The Labute approximate surface area is 125 Å². The molecule has 0 aliphatic rings. The molecule has 0 aliphatic heterocycles. The molecule has 2 aromatic carbocycles. The molecule has 0 saturated heterocycles. The Morgan fingerprint density at radius 3 is 2.43 bits per heavy atom. The number of carbonyl (C=O) groups is 1. The number of amides is 1. The summed E-state index contributed by atoms with van der Waals surface area (Å²) in [5.74, 6) is -0.0957. The summed E-state index contributed by atoms with van der Waals surface area (Å²) in [5.41, 5.74) is 2.77. The fourth-order valence-corrected chi connectivity index (χ4v) is 2.14. The van der Waals surface area contributed by atoms with Gasteiger partial charge in [0.1, 0.15) is 0 Å². The van der Waals surface area contributed by atoms with Crippen LogP contribution in [0.2, 0.25) is 0 Å². The van der Waals surface area contributed by atoms with E-state index in [0.29, 0.717) is 6.54 Å². The fraction of sp³-hybridized carbons (Fsp3) is 0.235. The van der Waals surface area contributed by atoms with Gasteiger partial charge in [-0.05, 0) is 30.7 Å². The van der Waals surface area contributed by atoms with Gasteiger partial charge in [0.2, 0.25) is 5.91 Å². The van der Waals surface area contributed by atoms with E-state index in [1.54, 1.807) is 0 Å². The molecule has 0 radical (unpaired) electrons. The minimum absolute atomic E-state index is 0.00649. The maximum Gasteiger partial charge on any atom is 0.243 e. The molecule has 0 heterocycles. The quantitative estimate of drug-likeness (QED) is 0.856. The highest BCUT2D eigenvalue weighted by molar-refractivity contribution is 5.94. The van der Waals surface area contributed by atoms with Crippen molar-refractivity contribution in [1.29, 1.82) is 0 Å². The van der Waals surface area contributed by atoms with Gasteiger partial charge in [0.25, 0.3) is 0 Å². The lowest BCUT2D eigenvalue weighted by molar-refractivity contribution is -0.115. The van der Waals surface area contributed by atoms with Crippen molar-refractivity contribution >= 4 is 17.3 Å². The first-order chi connectivity index (χ1) is 10.2. The summed E-state index contributed by atoms with van der Waals surface area (Å²) in [5, 5.41) is 12.1. The van der Waals surface area contributed by atoms with Crippen molar-refractivity contribution < 1.29 is 9.90 Å². The van der Waals surface area contributed by atoms with E-state index in [4.69, 9.17) is 0 Å². The van der Waals surface area contributed by atoms with Gasteiger partial charge in [-0.25, -0.2) is 0 Å². The number of benzene rings is 2. The summed E-state index contributed by atoms with van der Waals surface area (Å²) in [6.45, 7) is 2.59. The second-order valence-corrected chi connectivity index (χ2v) is 4.84.